The quantitative estimate of drug-likeness (QED) is 0.819. The molecule has 0 aliphatic heterocycles. The van der Waals surface area contributed by atoms with Gasteiger partial charge in [0.05, 0.1) is 25.9 Å². The highest BCUT2D eigenvalue weighted by atomic mass is 19.1. The summed E-state index contributed by atoms with van der Waals surface area (Å²) < 4.78 is 18.5. The number of urea groups is 1. The van der Waals surface area contributed by atoms with Gasteiger partial charge in [0.1, 0.15) is 5.82 Å². The number of hydrogen-bond acceptors (Lipinski definition) is 3. The Morgan fingerprint density at radius 1 is 1.25 bits per heavy atom. The van der Waals surface area contributed by atoms with Crippen molar-refractivity contribution >= 4 is 11.7 Å². The van der Waals surface area contributed by atoms with Gasteiger partial charge < -0.3 is 20.1 Å². The predicted molar refractivity (Wildman–Crippen MR) is 90.2 cm³/mol. The molecular weight excluding hydrogens is 311 g/mol. The zero-order valence-corrected chi connectivity index (χ0v) is 13.5. The molecule has 0 saturated carbocycles. The van der Waals surface area contributed by atoms with Crippen LogP contribution in [0.25, 0.3) is 0 Å². The summed E-state index contributed by atoms with van der Waals surface area (Å²) in [5.41, 5.74) is 1.38. The molecule has 2 N–H and O–H groups in total. The molecule has 0 heterocycles. The van der Waals surface area contributed by atoms with Crippen molar-refractivity contribution in [2.24, 2.45) is 0 Å². The summed E-state index contributed by atoms with van der Waals surface area (Å²) in [7, 11) is 1.55. The van der Waals surface area contributed by atoms with Gasteiger partial charge in [0, 0.05) is 12.7 Å². The van der Waals surface area contributed by atoms with Crippen LogP contribution < -0.4 is 5.32 Å². The molecule has 0 aliphatic rings. The number of nitrogens with zero attached hydrogens (tertiary/aromatic N) is 1. The maximum absolute atomic E-state index is 13.1. The van der Waals surface area contributed by atoms with E-state index in [1.54, 1.807) is 13.1 Å². The van der Waals surface area contributed by atoms with Crippen molar-refractivity contribution < 1.29 is 19.0 Å². The van der Waals surface area contributed by atoms with Crippen LogP contribution in [0, 0.1) is 5.82 Å². The maximum atomic E-state index is 13.1. The first-order chi connectivity index (χ1) is 11.5. The van der Waals surface area contributed by atoms with E-state index in [9.17, 15) is 14.3 Å². The molecule has 0 spiro atoms. The first kappa shape index (κ1) is 17.9. The lowest BCUT2D eigenvalue weighted by atomic mass is 10.2. The summed E-state index contributed by atoms with van der Waals surface area (Å²) in [6.07, 6.45) is -0.808. The highest BCUT2D eigenvalue weighted by Gasteiger charge is 2.14. The molecule has 2 rings (SSSR count). The summed E-state index contributed by atoms with van der Waals surface area (Å²) in [5, 5.41) is 12.5. The fraction of sp³-hybridized carbons (Fsp3) is 0.278. The normalized spacial score (nSPS) is 11.8. The maximum Gasteiger partial charge on any atom is 0.321 e. The van der Waals surface area contributed by atoms with Gasteiger partial charge in [-0.3, -0.25) is 0 Å². The molecular formula is C18H21FN2O3. The predicted octanol–water partition coefficient (Wildman–Crippen LogP) is 2.87. The van der Waals surface area contributed by atoms with Gasteiger partial charge in [-0.05, 0) is 23.8 Å². The Labute approximate surface area is 140 Å². The third kappa shape index (κ3) is 5.98. The molecule has 1 atom stereocenters. The lowest BCUT2D eigenvalue weighted by molar-refractivity contribution is 0.0188. The Kier molecular flexibility index (Phi) is 6.72. The molecule has 2 aromatic carbocycles. The van der Waals surface area contributed by atoms with Crippen molar-refractivity contribution in [1.82, 2.24) is 4.90 Å². The van der Waals surface area contributed by atoms with Crippen LogP contribution in [-0.2, 0) is 11.3 Å². The largest absolute Gasteiger partial charge is 0.389 e. The van der Waals surface area contributed by atoms with Gasteiger partial charge in [-0.25, -0.2) is 9.18 Å². The summed E-state index contributed by atoms with van der Waals surface area (Å²) in [6, 6.07) is 14.8. The van der Waals surface area contributed by atoms with E-state index in [-0.39, 0.29) is 13.2 Å². The second-order valence-corrected chi connectivity index (χ2v) is 5.48. The molecule has 5 nitrogen and oxygen atoms in total. The molecule has 0 fully saturated rings. The van der Waals surface area contributed by atoms with Gasteiger partial charge in [0.2, 0.25) is 0 Å². The van der Waals surface area contributed by atoms with E-state index in [0.29, 0.717) is 12.3 Å². The number of anilines is 1. The number of likely N-dealkylation sites (N-methyl/N-ethyl adjacent to an activating group) is 1. The smallest absolute Gasteiger partial charge is 0.321 e. The first-order valence-corrected chi connectivity index (χ1v) is 7.62. The minimum Gasteiger partial charge on any atom is -0.389 e. The number of nitrogens with one attached hydrogen (secondary N) is 1. The number of halogens is 1. The lowest BCUT2D eigenvalue weighted by Gasteiger charge is -2.21. The summed E-state index contributed by atoms with van der Waals surface area (Å²) in [4.78, 5) is 13.3. The number of hydrogen-bond donors (Lipinski definition) is 2. The van der Waals surface area contributed by atoms with Gasteiger partial charge >= 0.3 is 6.03 Å². The van der Waals surface area contributed by atoms with Crippen LogP contribution in [0.15, 0.2) is 54.6 Å². The molecule has 24 heavy (non-hydrogen) atoms. The Morgan fingerprint density at radius 3 is 2.71 bits per heavy atom. The van der Waals surface area contributed by atoms with Gasteiger partial charge in [-0.1, -0.05) is 36.4 Å². The molecule has 6 heteroatoms. The number of aliphatic hydroxyl groups is 1. The monoisotopic (exact) mass is 332 g/mol. The van der Waals surface area contributed by atoms with Crippen molar-refractivity contribution in [2.45, 2.75) is 12.7 Å². The lowest BCUT2D eigenvalue weighted by Crippen LogP contribution is -2.38. The summed E-state index contributed by atoms with van der Waals surface area (Å²) in [5.74, 6) is -0.426. The van der Waals surface area contributed by atoms with Crippen molar-refractivity contribution in [3.05, 3.63) is 66.0 Å². The number of rotatable bonds is 7. The standard InChI is InChI=1S/C18H21FN2O3/c1-21(18(23)20-16-9-5-8-15(19)10-16)11-17(22)13-24-12-14-6-3-2-4-7-14/h2-10,17,22H,11-13H2,1H3,(H,20,23). The molecule has 128 valence electrons. The topological polar surface area (TPSA) is 61.8 Å². The number of carbonyl (C=O) groups excluding carboxylic acids is 1. The van der Waals surface area contributed by atoms with Crippen LogP contribution in [-0.4, -0.2) is 42.3 Å². The minimum absolute atomic E-state index is 0.107. The van der Waals surface area contributed by atoms with Crippen LogP contribution in [0.1, 0.15) is 5.56 Å². The third-order valence-corrected chi connectivity index (χ3v) is 3.33. The fourth-order valence-electron chi connectivity index (χ4n) is 2.12. The number of ether oxygens (including phenoxy) is 1. The Balaban J connectivity index is 1.72. The van der Waals surface area contributed by atoms with Gasteiger partial charge in [-0.15, -0.1) is 0 Å². The van der Waals surface area contributed by atoms with Crippen molar-refractivity contribution in [3.8, 4) is 0 Å². The SMILES string of the molecule is CN(CC(O)COCc1ccccc1)C(=O)Nc1cccc(F)c1. The first-order valence-electron chi connectivity index (χ1n) is 7.62. The molecule has 0 radical (unpaired) electrons. The molecule has 0 aromatic heterocycles. The van der Waals surface area contributed by atoms with E-state index >= 15 is 0 Å². The summed E-state index contributed by atoms with van der Waals surface area (Å²) >= 11 is 0. The number of carbonyl (C=O) groups is 1. The highest BCUT2D eigenvalue weighted by molar-refractivity contribution is 5.89. The highest BCUT2D eigenvalue weighted by Crippen LogP contribution is 2.10. The van der Waals surface area contributed by atoms with Crippen molar-refractivity contribution in [1.29, 1.82) is 0 Å². The Bertz CT molecular complexity index is 652. The molecule has 2 aromatic rings. The second kappa shape index (κ2) is 9.00. The molecule has 2 amide bonds. The average molecular weight is 332 g/mol. The molecule has 0 bridgehead atoms. The van der Waals surface area contributed by atoms with Crippen LogP contribution in [0.3, 0.4) is 0 Å². The van der Waals surface area contributed by atoms with E-state index in [1.807, 2.05) is 30.3 Å². The number of aliphatic hydroxyl groups excluding tert-OH is 1. The van der Waals surface area contributed by atoms with E-state index in [1.165, 1.54) is 23.1 Å². The van der Waals surface area contributed by atoms with Gasteiger partial charge in [0.15, 0.2) is 0 Å². The van der Waals surface area contributed by atoms with E-state index in [2.05, 4.69) is 5.32 Å². The fourth-order valence-corrected chi connectivity index (χ4v) is 2.12. The van der Waals surface area contributed by atoms with Crippen LogP contribution in [0.4, 0.5) is 14.9 Å². The zero-order valence-electron chi connectivity index (χ0n) is 13.5. The molecule has 1 unspecified atom stereocenters. The second-order valence-electron chi connectivity index (χ2n) is 5.48. The summed E-state index contributed by atoms with van der Waals surface area (Å²) in [6.45, 7) is 0.625. The molecule has 0 aliphatic carbocycles. The van der Waals surface area contributed by atoms with E-state index in [0.717, 1.165) is 5.56 Å². The van der Waals surface area contributed by atoms with Crippen LogP contribution in [0.5, 0.6) is 0 Å². The average Bonchev–Trinajstić information content (AvgIpc) is 2.55. The van der Waals surface area contributed by atoms with Gasteiger partial charge in [-0.2, -0.15) is 0 Å². The zero-order chi connectivity index (χ0) is 17.4. The van der Waals surface area contributed by atoms with Crippen LogP contribution in [0.2, 0.25) is 0 Å². The third-order valence-electron chi connectivity index (χ3n) is 3.33. The Hall–Kier alpha value is -2.44. The number of benzene rings is 2. The Morgan fingerprint density at radius 2 is 2.00 bits per heavy atom. The van der Waals surface area contributed by atoms with E-state index in [4.69, 9.17) is 4.74 Å². The van der Waals surface area contributed by atoms with Crippen LogP contribution >= 0.6 is 0 Å². The van der Waals surface area contributed by atoms with E-state index < -0.39 is 18.0 Å². The molecule has 0 saturated heterocycles. The minimum atomic E-state index is -0.808. The number of amides is 2. The van der Waals surface area contributed by atoms with Crippen molar-refractivity contribution in [2.75, 3.05) is 25.5 Å². The van der Waals surface area contributed by atoms with Gasteiger partial charge in [0.25, 0.3) is 0 Å². The van der Waals surface area contributed by atoms with Crippen molar-refractivity contribution in [3.63, 3.8) is 0 Å².